The van der Waals surface area contributed by atoms with Gasteiger partial charge in [0, 0.05) is 20.9 Å². The van der Waals surface area contributed by atoms with Crippen LogP contribution in [0.15, 0.2) is 119 Å². The second-order valence-electron chi connectivity index (χ2n) is 18.1. The number of hydrogen-bond acceptors (Lipinski definition) is 10. The highest BCUT2D eigenvalue weighted by Gasteiger charge is 2.17. The van der Waals surface area contributed by atoms with Gasteiger partial charge in [0.25, 0.3) is 0 Å². The zero-order valence-corrected chi connectivity index (χ0v) is 43.8. The third-order valence-electron chi connectivity index (χ3n) is 12.2. The van der Waals surface area contributed by atoms with Crippen molar-refractivity contribution in [3.05, 3.63) is 143 Å². The maximum absolute atomic E-state index is 14.9. The first-order valence-corrected chi connectivity index (χ1v) is 27.8. The van der Waals surface area contributed by atoms with Crippen LogP contribution >= 0.6 is 23.5 Å². The molecule has 12 heteroatoms. The van der Waals surface area contributed by atoms with Gasteiger partial charge in [0.15, 0.2) is 23.1 Å². The number of carbonyl (C=O) groups excluding carboxylic acids is 4. The Labute approximate surface area is 434 Å². The van der Waals surface area contributed by atoms with Crippen LogP contribution in [0.1, 0.15) is 197 Å². The molecule has 0 amide bonds. The van der Waals surface area contributed by atoms with Crippen LogP contribution < -0.4 is 18.9 Å². The standard InChI is InChI=1S/C60H72F2O8S2/c1-3-5-7-9-11-13-15-17-19-21-23-40-67-55-38-28-47(43-53(55)61)59(65)71-51-34-30-49(31-35-51)69-57(63)45-26-25-27-46(42-45)58(64)70-50-32-36-52(37-33-50)72-60(66)48-29-39-56(54(62)44-48)68-41-24-22-20-18-16-14-12-10-8-6-4-2/h25-39,42-44H,3-24,40-41H2,1-2H3. The largest absolute Gasteiger partial charge is 0.491 e. The summed E-state index contributed by atoms with van der Waals surface area (Å²) < 4.78 is 52.1. The summed E-state index contributed by atoms with van der Waals surface area (Å²) in [6.45, 7) is 5.31. The minimum atomic E-state index is -0.713. The van der Waals surface area contributed by atoms with Gasteiger partial charge in [-0.2, -0.15) is 0 Å². The Hall–Kier alpha value is -5.46. The normalized spacial score (nSPS) is 11.1. The van der Waals surface area contributed by atoms with Crippen molar-refractivity contribution >= 4 is 45.7 Å². The quantitative estimate of drug-likeness (QED) is 0.0171. The number of esters is 2. The van der Waals surface area contributed by atoms with Crippen LogP contribution in [0.25, 0.3) is 0 Å². The van der Waals surface area contributed by atoms with E-state index in [9.17, 15) is 28.0 Å². The molecule has 0 bridgehead atoms. The highest BCUT2D eigenvalue weighted by atomic mass is 32.2. The van der Waals surface area contributed by atoms with Gasteiger partial charge in [0.2, 0.25) is 10.2 Å². The third kappa shape index (κ3) is 21.3. The zero-order valence-electron chi connectivity index (χ0n) is 42.2. The Morgan fingerprint density at radius 3 is 1.06 bits per heavy atom. The first-order valence-electron chi connectivity index (χ1n) is 26.2. The second-order valence-corrected chi connectivity index (χ2v) is 20.2. The van der Waals surface area contributed by atoms with E-state index in [2.05, 4.69) is 13.8 Å². The molecule has 0 atom stereocenters. The van der Waals surface area contributed by atoms with Crippen LogP contribution in [0, 0.1) is 11.6 Å². The molecule has 5 rings (SSSR count). The van der Waals surface area contributed by atoms with Crippen molar-refractivity contribution in [3.8, 4) is 23.0 Å². The van der Waals surface area contributed by atoms with Crippen LogP contribution in [-0.2, 0) is 0 Å². The molecule has 0 saturated heterocycles. The first-order chi connectivity index (χ1) is 35.1. The first kappa shape index (κ1) is 57.4. The molecule has 386 valence electrons. The molecule has 0 aliphatic carbocycles. The van der Waals surface area contributed by atoms with Gasteiger partial charge in [0.1, 0.15) is 11.5 Å². The van der Waals surface area contributed by atoms with E-state index in [4.69, 9.17) is 18.9 Å². The predicted octanol–water partition coefficient (Wildman–Crippen LogP) is 17.6. The Morgan fingerprint density at radius 2 is 0.722 bits per heavy atom. The molecule has 72 heavy (non-hydrogen) atoms. The van der Waals surface area contributed by atoms with Crippen LogP contribution in [0.2, 0.25) is 0 Å². The Morgan fingerprint density at radius 1 is 0.389 bits per heavy atom. The molecular formula is C60H72F2O8S2. The Kier molecular flexibility index (Phi) is 26.6. The average molecular weight is 1020 g/mol. The van der Waals surface area contributed by atoms with Crippen LogP contribution in [0.3, 0.4) is 0 Å². The molecule has 0 aromatic heterocycles. The molecule has 0 fully saturated rings. The molecule has 0 spiro atoms. The van der Waals surface area contributed by atoms with Crippen molar-refractivity contribution < 1.29 is 46.9 Å². The molecule has 0 unspecified atom stereocenters. The fourth-order valence-corrected chi connectivity index (χ4v) is 9.44. The lowest BCUT2D eigenvalue weighted by Gasteiger charge is -2.09. The lowest BCUT2D eigenvalue weighted by molar-refractivity contribution is 0.0734. The van der Waals surface area contributed by atoms with E-state index in [1.54, 1.807) is 36.4 Å². The smallest absolute Gasteiger partial charge is 0.343 e. The summed E-state index contributed by atoms with van der Waals surface area (Å²) in [5.41, 5.74) is 0.611. The zero-order chi connectivity index (χ0) is 51.2. The van der Waals surface area contributed by atoms with Gasteiger partial charge in [-0.3, -0.25) is 9.59 Å². The number of unbranched alkanes of at least 4 members (excludes halogenated alkanes) is 20. The van der Waals surface area contributed by atoms with Gasteiger partial charge < -0.3 is 18.9 Å². The monoisotopic (exact) mass is 1020 g/mol. The number of thioether (sulfide) groups is 2. The molecular weight excluding hydrogens is 951 g/mol. The van der Waals surface area contributed by atoms with E-state index < -0.39 is 23.6 Å². The van der Waals surface area contributed by atoms with Crippen molar-refractivity contribution in [2.45, 2.75) is 165 Å². The number of halogens is 2. The Bertz CT molecular complexity index is 2260. The molecule has 0 aliphatic rings. The van der Waals surface area contributed by atoms with Gasteiger partial charge in [-0.05, 0) is 139 Å². The van der Waals surface area contributed by atoms with Crippen LogP contribution in [0.4, 0.5) is 8.78 Å². The van der Waals surface area contributed by atoms with Gasteiger partial charge in [-0.1, -0.05) is 148 Å². The summed E-state index contributed by atoms with van der Waals surface area (Å²) in [6, 6.07) is 27.0. The molecule has 0 N–H and O–H groups in total. The summed E-state index contributed by atoms with van der Waals surface area (Å²) in [5, 5.41) is -0.705. The molecule has 0 saturated carbocycles. The maximum atomic E-state index is 14.9. The van der Waals surface area contributed by atoms with Crippen molar-refractivity contribution in [2.24, 2.45) is 0 Å². The van der Waals surface area contributed by atoms with Gasteiger partial charge >= 0.3 is 11.9 Å². The summed E-state index contributed by atoms with van der Waals surface area (Å²) in [5.74, 6) is -1.92. The van der Waals surface area contributed by atoms with Crippen molar-refractivity contribution in [1.82, 2.24) is 0 Å². The number of carbonyl (C=O) groups is 4. The molecule has 0 radical (unpaired) electrons. The number of ether oxygens (including phenoxy) is 4. The van der Waals surface area contributed by atoms with Crippen molar-refractivity contribution in [3.63, 3.8) is 0 Å². The fourth-order valence-electron chi connectivity index (χ4n) is 7.97. The fraction of sp³-hybridized carbons (Fsp3) is 0.433. The summed E-state index contributed by atoms with van der Waals surface area (Å²) >= 11 is 1.83. The SMILES string of the molecule is CCCCCCCCCCCCCOc1ccc(C(=O)Sc2ccc(OC(=O)c3cccc(C(=O)Oc4ccc(SC(=O)c5ccc(OCCCCCCCCCCCCC)c(F)c5)cc4)c3)cc2)cc1F. The lowest BCUT2D eigenvalue weighted by Crippen LogP contribution is -2.12. The average Bonchev–Trinajstić information content (AvgIpc) is 3.38. The van der Waals surface area contributed by atoms with Gasteiger partial charge in [0.05, 0.1) is 24.3 Å². The summed E-state index contributed by atoms with van der Waals surface area (Å²) in [4.78, 5) is 53.3. The van der Waals surface area contributed by atoms with E-state index in [1.165, 1.54) is 176 Å². The topological polar surface area (TPSA) is 105 Å². The number of rotatable bonds is 34. The molecule has 5 aromatic carbocycles. The van der Waals surface area contributed by atoms with Crippen molar-refractivity contribution in [1.29, 1.82) is 0 Å². The van der Waals surface area contributed by atoms with Crippen molar-refractivity contribution in [2.75, 3.05) is 13.2 Å². The Balaban J connectivity index is 0.985. The highest BCUT2D eigenvalue weighted by molar-refractivity contribution is 8.14. The second kappa shape index (κ2) is 33.3. The highest BCUT2D eigenvalue weighted by Crippen LogP contribution is 2.30. The molecule has 0 heterocycles. The maximum Gasteiger partial charge on any atom is 0.343 e. The minimum absolute atomic E-state index is 0.108. The minimum Gasteiger partial charge on any atom is -0.491 e. The van der Waals surface area contributed by atoms with E-state index >= 15 is 0 Å². The molecule has 5 aromatic rings. The number of hydrogen-bond donors (Lipinski definition) is 0. The van der Waals surface area contributed by atoms with Gasteiger partial charge in [-0.15, -0.1) is 0 Å². The van der Waals surface area contributed by atoms with E-state index in [0.717, 1.165) is 62.0 Å². The van der Waals surface area contributed by atoms with E-state index in [0.29, 0.717) is 23.0 Å². The summed E-state index contributed by atoms with van der Waals surface area (Å²) in [6.07, 6.45) is 26.8. The molecule has 8 nitrogen and oxygen atoms in total. The molecule has 0 aliphatic heterocycles. The van der Waals surface area contributed by atoms with Crippen LogP contribution in [0.5, 0.6) is 23.0 Å². The van der Waals surface area contributed by atoms with E-state index in [-0.39, 0.29) is 55.5 Å². The van der Waals surface area contributed by atoms with Gasteiger partial charge in [-0.25, -0.2) is 18.4 Å². The lowest BCUT2D eigenvalue weighted by atomic mass is 10.1. The van der Waals surface area contributed by atoms with Crippen LogP contribution in [-0.4, -0.2) is 35.4 Å². The predicted molar refractivity (Wildman–Crippen MR) is 286 cm³/mol. The van der Waals surface area contributed by atoms with E-state index in [1.807, 2.05) is 0 Å². The number of benzene rings is 5. The summed E-state index contributed by atoms with van der Waals surface area (Å²) in [7, 11) is 0. The third-order valence-corrected chi connectivity index (χ3v) is 14.0.